The van der Waals surface area contributed by atoms with Crippen LogP contribution in [0.2, 0.25) is 0 Å². The standard InChI is InChI=1S/C20H29N3O4S/c24-19(20(25)22-17-6-2-3-7-17)21-13-12-16-8-10-18(11-9-16)28(26,27)23-14-4-1-5-15-23/h8-11,17H,1-7,12-15H2,(H,21,24)(H,22,25). The first kappa shape index (κ1) is 20.8. The van der Waals surface area contributed by atoms with E-state index >= 15 is 0 Å². The van der Waals surface area contributed by atoms with Crippen molar-refractivity contribution in [2.75, 3.05) is 19.6 Å². The molecule has 0 unspecified atom stereocenters. The summed E-state index contributed by atoms with van der Waals surface area (Å²) in [5.41, 5.74) is 0.911. The number of hydrogen-bond donors (Lipinski definition) is 2. The Kier molecular flexibility index (Phi) is 7.07. The van der Waals surface area contributed by atoms with Crippen LogP contribution in [-0.4, -0.2) is 50.2 Å². The van der Waals surface area contributed by atoms with Gasteiger partial charge in [0.05, 0.1) is 4.90 Å². The summed E-state index contributed by atoms with van der Waals surface area (Å²) in [5, 5.41) is 5.38. The predicted molar refractivity (Wildman–Crippen MR) is 106 cm³/mol. The number of sulfonamides is 1. The second-order valence-electron chi connectivity index (χ2n) is 7.57. The van der Waals surface area contributed by atoms with Gasteiger partial charge >= 0.3 is 11.8 Å². The number of carbonyl (C=O) groups excluding carboxylic acids is 2. The van der Waals surface area contributed by atoms with Crippen molar-refractivity contribution in [3.8, 4) is 0 Å². The van der Waals surface area contributed by atoms with Crippen molar-refractivity contribution in [1.29, 1.82) is 0 Å². The van der Waals surface area contributed by atoms with E-state index in [1.54, 1.807) is 28.6 Å². The molecule has 3 rings (SSSR count). The van der Waals surface area contributed by atoms with Gasteiger partial charge < -0.3 is 10.6 Å². The molecule has 0 spiro atoms. The van der Waals surface area contributed by atoms with E-state index in [0.29, 0.717) is 31.0 Å². The third kappa shape index (κ3) is 5.32. The molecule has 154 valence electrons. The summed E-state index contributed by atoms with van der Waals surface area (Å²) in [4.78, 5) is 24.0. The molecule has 0 aromatic heterocycles. The van der Waals surface area contributed by atoms with Crippen LogP contribution >= 0.6 is 0 Å². The van der Waals surface area contributed by atoms with E-state index in [0.717, 1.165) is 50.5 Å². The highest BCUT2D eigenvalue weighted by atomic mass is 32.2. The lowest BCUT2D eigenvalue weighted by Gasteiger charge is -2.25. The van der Waals surface area contributed by atoms with Crippen molar-refractivity contribution in [2.45, 2.75) is 62.3 Å². The largest absolute Gasteiger partial charge is 0.348 e. The van der Waals surface area contributed by atoms with Crippen molar-refractivity contribution in [3.63, 3.8) is 0 Å². The molecule has 1 saturated carbocycles. The summed E-state index contributed by atoms with van der Waals surface area (Å²) >= 11 is 0. The van der Waals surface area contributed by atoms with Gasteiger partial charge in [-0.25, -0.2) is 8.42 Å². The molecule has 1 aliphatic carbocycles. The summed E-state index contributed by atoms with van der Waals surface area (Å²) in [7, 11) is -3.42. The number of amides is 2. The fraction of sp³-hybridized carbons (Fsp3) is 0.600. The van der Waals surface area contributed by atoms with Crippen molar-refractivity contribution in [1.82, 2.24) is 14.9 Å². The third-order valence-electron chi connectivity index (χ3n) is 5.47. The van der Waals surface area contributed by atoms with Gasteiger partial charge in [-0.3, -0.25) is 9.59 Å². The molecule has 1 aliphatic heterocycles. The highest BCUT2D eigenvalue weighted by Crippen LogP contribution is 2.21. The molecule has 1 aromatic rings. The minimum absolute atomic E-state index is 0.118. The molecule has 2 N–H and O–H groups in total. The van der Waals surface area contributed by atoms with E-state index in [-0.39, 0.29) is 6.04 Å². The van der Waals surface area contributed by atoms with Gasteiger partial charge in [-0.2, -0.15) is 4.31 Å². The fourth-order valence-corrected chi connectivity index (χ4v) is 5.32. The molecule has 28 heavy (non-hydrogen) atoms. The average molecular weight is 408 g/mol. The molecular formula is C20H29N3O4S. The monoisotopic (exact) mass is 407 g/mol. The second kappa shape index (κ2) is 9.52. The molecule has 1 saturated heterocycles. The number of hydrogen-bond acceptors (Lipinski definition) is 4. The van der Waals surface area contributed by atoms with Gasteiger partial charge in [-0.05, 0) is 49.8 Å². The lowest BCUT2D eigenvalue weighted by molar-refractivity contribution is -0.139. The summed E-state index contributed by atoms with van der Waals surface area (Å²) in [5.74, 6) is -1.19. The van der Waals surface area contributed by atoms with Gasteiger partial charge in [0, 0.05) is 25.7 Å². The first-order valence-corrected chi connectivity index (χ1v) is 11.6. The molecule has 0 bridgehead atoms. The van der Waals surface area contributed by atoms with Crippen LogP contribution in [0.25, 0.3) is 0 Å². The number of piperidine rings is 1. The van der Waals surface area contributed by atoms with Gasteiger partial charge in [0.25, 0.3) is 0 Å². The quantitative estimate of drug-likeness (QED) is 0.700. The number of nitrogens with zero attached hydrogens (tertiary/aromatic N) is 1. The van der Waals surface area contributed by atoms with Crippen LogP contribution in [0, 0.1) is 0 Å². The lowest BCUT2D eigenvalue weighted by Crippen LogP contribution is -2.44. The molecule has 1 aromatic carbocycles. The zero-order valence-electron chi connectivity index (χ0n) is 16.2. The lowest BCUT2D eigenvalue weighted by atomic mass is 10.1. The van der Waals surface area contributed by atoms with E-state index in [4.69, 9.17) is 0 Å². The number of benzene rings is 1. The van der Waals surface area contributed by atoms with Gasteiger partial charge in [0.1, 0.15) is 0 Å². The smallest absolute Gasteiger partial charge is 0.309 e. The van der Waals surface area contributed by atoms with E-state index in [2.05, 4.69) is 10.6 Å². The number of rotatable bonds is 6. The molecule has 2 aliphatic rings. The third-order valence-corrected chi connectivity index (χ3v) is 7.38. The number of carbonyl (C=O) groups is 2. The Bertz CT molecular complexity index is 780. The molecule has 8 heteroatoms. The molecule has 2 fully saturated rings. The normalized spacial score (nSPS) is 18.7. The van der Waals surface area contributed by atoms with Gasteiger partial charge in [0.2, 0.25) is 10.0 Å². The van der Waals surface area contributed by atoms with E-state index < -0.39 is 21.8 Å². The highest BCUT2D eigenvalue weighted by Gasteiger charge is 2.25. The maximum absolute atomic E-state index is 12.6. The summed E-state index contributed by atoms with van der Waals surface area (Å²) < 4.78 is 26.8. The Morgan fingerprint density at radius 2 is 1.57 bits per heavy atom. The van der Waals surface area contributed by atoms with Crippen LogP contribution in [0.15, 0.2) is 29.2 Å². The minimum atomic E-state index is -3.42. The zero-order chi connectivity index (χ0) is 20.0. The topological polar surface area (TPSA) is 95.6 Å². The molecule has 1 heterocycles. The fourth-order valence-electron chi connectivity index (χ4n) is 3.80. The van der Waals surface area contributed by atoms with Crippen LogP contribution < -0.4 is 10.6 Å². The maximum atomic E-state index is 12.6. The summed E-state index contributed by atoms with van der Waals surface area (Å²) in [6, 6.07) is 6.89. The molecule has 0 radical (unpaired) electrons. The van der Waals surface area contributed by atoms with Crippen molar-refractivity contribution in [2.24, 2.45) is 0 Å². The molecule has 2 amide bonds. The van der Waals surface area contributed by atoms with Gasteiger partial charge in [0.15, 0.2) is 0 Å². The average Bonchev–Trinajstić information content (AvgIpc) is 3.22. The highest BCUT2D eigenvalue weighted by molar-refractivity contribution is 7.89. The molecule has 7 nitrogen and oxygen atoms in total. The van der Waals surface area contributed by atoms with Crippen molar-refractivity contribution in [3.05, 3.63) is 29.8 Å². The van der Waals surface area contributed by atoms with Crippen LogP contribution in [0.5, 0.6) is 0 Å². The summed E-state index contributed by atoms with van der Waals surface area (Å²) in [6.45, 7) is 1.49. The first-order chi connectivity index (χ1) is 13.5. The van der Waals surface area contributed by atoms with E-state index in [9.17, 15) is 18.0 Å². The van der Waals surface area contributed by atoms with Crippen LogP contribution in [0.4, 0.5) is 0 Å². The second-order valence-corrected chi connectivity index (χ2v) is 9.51. The SMILES string of the molecule is O=C(NCCc1ccc(S(=O)(=O)N2CCCCC2)cc1)C(=O)NC1CCCC1. The van der Waals surface area contributed by atoms with Gasteiger partial charge in [-0.1, -0.05) is 31.4 Å². The Morgan fingerprint density at radius 3 is 2.21 bits per heavy atom. The van der Waals surface area contributed by atoms with Crippen LogP contribution in [0.1, 0.15) is 50.5 Å². The van der Waals surface area contributed by atoms with E-state index in [1.807, 2.05) is 0 Å². The minimum Gasteiger partial charge on any atom is -0.348 e. The first-order valence-electron chi connectivity index (χ1n) is 10.1. The predicted octanol–water partition coefficient (Wildman–Crippen LogP) is 1.58. The zero-order valence-corrected chi connectivity index (χ0v) is 17.0. The number of nitrogens with one attached hydrogen (secondary N) is 2. The molecule has 0 atom stereocenters. The van der Waals surface area contributed by atoms with E-state index in [1.165, 1.54) is 0 Å². The van der Waals surface area contributed by atoms with Crippen molar-refractivity contribution >= 4 is 21.8 Å². The Labute approximate surface area is 166 Å². The summed E-state index contributed by atoms with van der Waals surface area (Å²) in [6.07, 6.45) is 7.49. The Morgan fingerprint density at radius 1 is 0.929 bits per heavy atom. The van der Waals surface area contributed by atoms with Crippen LogP contribution in [0.3, 0.4) is 0 Å². The Balaban J connectivity index is 1.46. The Hall–Kier alpha value is -1.93. The molecular weight excluding hydrogens is 378 g/mol. The van der Waals surface area contributed by atoms with Gasteiger partial charge in [-0.15, -0.1) is 0 Å². The van der Waals surface area contributed by atoms with Crippen molar-refractivity contribution < 1.29 is 18.0 Å². The van der Waals surface area contributed by atoms with Crippen LogP contribution in [-0.2, 0) is 26.0 Å². The maximum Gasteiger partial charge on any atom is 0.309 e.